The summed E-state index contributed by atoms with van der Waals surface area (Å²) in [5.74, 6) is 0.776. The van der Waals surface area contributed by atoms with Crippen molar-refractivity contribution in [1.82, 2.24) is 0 Å². The number of carbonyl (C=O) groups excluding carboxylic acids is 1. The summed E-state index contributed by atoms with van der Waals surface area (Å²) in [6.07, 6.45) is 4.10. The van der Waals surface area contributed by atoms with E-state index >= 15 is 0 Å². The molecule has 7 rings (SSSR count). The lowest BCUT2D eigenvalue weighted by Crippen LogP contribution is -2.25. The Hall–Kier alpha value is -6.10. The molecule has 0 amide bonds. The number of fused-ring (bicyclic) bond motifs is 1. The zero-order valence-electron chi connectivity index (χ0n) is 30.0. The number of allylic oxidation sites excluding steroid dienone is 1. The molecule has 5 aromatic rings. The van der Waals surface area contributed by atoms with Crippen LogP contribution in [0.25, 0.3) is 11.6 Å². The highest BCUT2D eigenvalue weighted by Crippen LogP contribution is 2.51. The molecule has 0 bridgehead atoms. The van der Waals surface area contributed by atoms with Crippen molar-refractivity contribution in [3.05, 3.63) is 172 Å². The van der Waals surface area contributed by atoms with Crippen LogP contribution < -0.4 is 14.4 Å². The maximum Gasteiger partial charge on any atom is 0.349 e. The maximum absolute atomic E-state index is 12.7. The number of rotatable bonds is 15. The fourth-order valence-corrected chi connectivity index (χ4v) is 6.96. The van der Waals surface area contributed by atoms with Gasteiger partial charge in [0.2, 0.25) is 0 Å². The van der Waals surface area contributed by atoms with E-state index in [1.165, 1.54) is 16.7 Å². The second-order valence-corrected chi connectivity index (χ2v) is 13.0. The standard InChI is InChI=1S/C46H42N2O5/c1-3-48(4-2)38-20-14-33(15-21-38)28-35(30-47)45(49)51-27-26-50-39-22-16-36(17-23-39)46(37-18-24-40(25-19-37)52-31-41-32-53-41)29-43(34-10-6-5-7-11-34)42-12-8-9-13-44(42)46/h5-25,28-29,41H,3-4,26-27,31-32H2,1-2H3/b35-28+. The Morgan fingerprint density at radius 2 is 1.43 bits per heavy atom. The third-order valence-corrected chi connectivity index (χ3v) is 9.80. The smallest absolute Gasteiger partial charge is 0.349 e. The molecule has 1 aliphatic carbocycles. The number of esters is 1. The largest absolute Gasteiger partial charge is 0.491 e. The van der Waals surface area contributed by atoms with E-state index in [2.05, 4.69) is 97.6 Å². The van der Waals surface area contributed by atoms with E-state index < -0.39 is 11.4 Å². The molecule has 0 N–H and O–H groups in total. The van der Waals surface area contributed by atoms with Crippen LogP contribution in [0.1, 0.15) is 47.2 Å². The summed E-state index contributed by atoms with van der Waals surface area (Å²) in [6, 6.07) is 45.3. The van der Waals surface area contributed by atoms with Crippen molar-refractivity contribution < 1.29 is 23.7 Å². The molecule has 1 aliphatic heterocycles. The van der Waals surface area contributed by atoms with Gasteiger partial charge in [0.15, 0.2) is 0 Å². The van der Waals surface area contributed by atoms with Crippen LogP contribution in [0.2, 0.25) is 0 Å². The van der Waals surface area contributed by atoms with Crippen molar-refractivity contribution in [3.8, 4) is 17.6 Å². The number of nitriles is 1. The highest BCUT2D eigenvalue weighted by molar-refractivity contribution is 5.98. The van der Waals surface area contributed by atoms with Gasteiger partial charge in [-0.05, 0) is 95.3 Å². The van der Waals surface area contributed by atoms with Gasteiger partial charge in [0.25, 0.3) is 0 Å². The van der Waals surface area contributed by atoms with E-state index in [1.54, 1.807) is 6.08 Å². The Balaban J connectivity index is 1.07. The third kappa shape index (κ3) is 7.74. The highest BCUT2D eigenvalue weighted by Gasteiger charge is 2.41. The molecule has 7 nitrogen and oxygen atoms in total. The first-order chi connectivity index (χ1) is 26.0. The van der Waals surface area contributed by atoms with Gasteiger partial charge >= 0.3 is 5.97 Å². The summed E-state index contributed by atoms with van der Waals surface area (Å²) in [6.45, 7) is 7.46. The van der Waals surface area contributed by atoms with Crippen molar-refractivity contribution >= 4 is 23.3 Å². The van der Waals surface area contributed by atoms with Crippen molar-refractivity contribution in [2.24, 2.45) is 0 Å². The van der Waals surface area contributed by atoms with Gasteiger partial charge in [-0.3, -0.25) is 0 Å². The average molecular weight is 703 g/mol. The summed E-state index contributed by atoms with van der Waals surface area (Å²) in [7, 11) is 0. The Morgan fingerprint density at radius 1 is 0.811 bits per heavy atom. The van der Waals surface area contributed by atoms with Gasteiger partial charge in [0, 0.05) is 18.8 Å². The molecule has 7 heteroatoms. The molecule has 0 radical (unpaired) electrons. The minimum atomic E-state index is -0.681. The number of anilines is 1. The molecule has 1 saturated heterocycles. The van der Waals surface area contributed by atoms with Crippen LogP contribution in [-0.4, -0.2) is 51.6 Å². The van der Waals surface area contributed by atoms with Crippen LogP contribution in [0.5, 0.6) is 11.5 Å². The number of nitrogens with zero attached hydrogens (tertiary/aromatic N) is 2. The van der Waals surface area contributed by atoms with E-state index in [0.717, 1.165) is 53.4 Å². The molecule has 5 aromatic carbocycles. The lowest BCUT2D eigenvalue weighted by molar-refractivity contribution is -0.139. The molecule has 1 heterocycles. The first-order valence-electron chi connectivity index (χ1n) is 18.1. The van der Waals surface area contributed by atoms with E-state index in [0.29, 0.717) is 12.4 Å². The molecule has 2 aliphatic rings. The quantitative estimate of drug-likeness (QED) is 0.0355. The van der Waals surface area contributed by atoms with Crippen LogP contribution in [-0.2, 0) is 19.7 Å². The van der Waals surface area contributed by atoms with E-state index in [4.69, 9.17) is 18.9 Å². The monoisotopic (exact) mass is 702 g/mol. The average Bonchev–Trinajstić information content (AvgIpc) is 3.99. The third-order valence-electron chi connectivity index (χ3n) is 9.80. The van der Waals surface area contributed by atoms with Crippen molar-refractivity contribution in [1.29, 1.82) is 5.26 Å². The molecule has 0 aromatic heterocycles. The molecule has 53 heavy (non-hydrogen) atoms. The zero-order valence-corrected chi connectivity index (χ0v) is 30.0. The van der Waals surface area contributed by atoms with Gasteiger partial charge < -0.3 is 23.8 Å². The predicted octanol–water partition coefficient (Wildman–Crippen LogP) is 8.62. The van der Waals surface area contributed by atoms with Crippen LogP contribution in [0, 0.1) is 11.3 Å². The van der Waals surface area contributed by atoms with E-state index in [-0.39, 0.29) is 24.9 Å². The van der Waals surface area contributed by atoms with Gasteiger partial charge in [0.05, 0.1) is 12.0 Å². The number of benzene rings is 5. The van der Waals surface area contributed by atoms with Crippen molar-refractivity contribution in [2.75, 3.05) is 44.4 Å². The van der Waals surface area contributed by atoms with E-state index in [1.807, 2.05) is 60.7 Å². The van der Waals surface area contributed by atoms with Gasteiger partial charge in [0.1, 0.15) is 49.1 Å². The van der Waals surface area contributed by atoms with Crippen molar-refractivity contribution in [3.63, 3.8) is 0 Å². The minimum Gasteiger partial charge on any atom is -0.491 e. The topological polar surface area (TPSA) is 84.3 Å². The number of ether oxygens (including phenoxy) is 4. The fourth-order valence-electron chi connectivity index (χ4n) is 6.96. The maximum atomic E-state index is 12.7. The molecule has 2 atom stereocenters. The van der Waals surface area contributed by atoms with Crippen LogP contribution >= 0.6 is 0 Å². The zero-order chi connectivity index (χ0) is 36.6. The van der Waals surface area contributed by atoms with Gasteiger partial charge in [-0.25, -0.2) is 4.79 Å². The Bertz CT molecular complexity index is 2130. The highest BCUT2D eigenvalue weighted by atomic mass is 16.6. The van der Waals surface area contributed by atoms with E-state index in [9.17, 15) is 10.1 Å². The summed E-state index contributed by atoms with van der Waals surface area (Å²) in [4.78, 5) is 15.0. The van der Waals surface area contributed by atoms with Gasteiger partial charge in [-0.2, -0.15) is 5.26 Å². The summed E-state index contributed by atoms with van der Waals surface area (Å²) >= 11 is 0. The second kappa shape index (κ2) is 16.1. The van der Waals surface area contributed by atoms with Crippen LogP contribution in [0.4, 0.5) is 5.69 Å². The first-order valence-corrected chi connectivity index (χ1v) is 18.1. The summed E-state index contributed by atoms with van der Waals surface area (Å²) < 4.78 is 22.7. The number of carbonyl (C=O) groups is 1. The lowest BCUT2D eigenvalue weighted by atomic mass is 9.71. The number of epoxide rings is 1. The SMILES string of the molecule is CCN(CC)c1ccc(/C=C(\C#N)C(=O)OCCOc2ccc(C3(c4ccc(OCC5CO5)cc4)C=C(c4ccccc4)c4ccccc43)cc2)cc1. The molecular formula is C46H42N2O5. The Morgan fingerprint density at radius 3 is 2.06 bits per heavy atom. The second-order valence-electron chi connectivity index (χ2n) is 13.0. The van der Waals surface area contributed by atoms with Crippen LogP contribution in [0.3, 0.4) is 0 Å². The Kier molecular flexibility index (Phi) is 10.7. The molecule has 1 fully saturated rings. The number of hydrogen-bond donors (Lipinski definition) is 0. The molecule has 0 spiro atoms. The minimum absolute atomic E-state index is 0.00226. The Labute approximate surface area is 311 Å². The van der Waals surface area contributed by atoms with Gasteiger partial charge in [-0.1, -0.05) is 97.1 Å². The molecular weight excluding hydrogens is 661 g/mol. The van der Waals surface area contributed by atoms with Gasteiger partial charge in [-0.15, -0.1) is 0 Å². The predicted molar refractivity (Wildman–Crippen MR) is 208 cm³/mol. The first kappa shape index (κ1) is 35.3. The van der Waals surface area contributed by atoms with Crippen LogP contribution in [0.15, 0.2) is 139 Å². The van der Waals surface area contributed by atoms with Crippen molar-refractivity contribution in [2.45, 2.75) is 25.4 Å². The summed E-state index contributed by atoms with van der Waals surface area (Å²) in [5.41, 5.74) is 8.14. The lowest BCUT2D eigenvalue weighted by Gasteiger charge is -2.31. The fraction of sp³-hybridized carbons (Fsp3) is 0.217. The molecule has 266 valence electrons. The molecule has 0 saturated carbocycles. The normalized spacial score (nSPS) is 17.3. The molecule has 2 unspecified atom stereocenters. The number of hydrogen-bond acceptors (Lipinski definition) is 7. The summed E-state index contributed by atoms with van der Waals surface area (Å²) in [5, 5.41) is 9.66.